The molecule has 1 N–H and O–H groups in total. The molecule has 0 saturated carbocycles. The van der Waals surface area contributed by atoms with Gasteiger partial charge in [0.15, 0.2) is 0 Å². The highest BCUT2D eigenvalue weighted by Gasteiger charge is 2.01. The first-order chi connectivity index (χ1) is 5.25. The van der Waals surface area contributed by atoms with Gasteiger partial charge in [0.2, 0.25) is 0 Å². The van der Waals surface area contributed by atoms with Crippen LogP contribution in [-0.2, 0) is 6.42 Å². The minimum absolute atomic E-state index is 0.151. The summed E-state index contributed by atoms with van der Waals surface area (Å²) in [6.07, 6.45) is 3.27. The number of hydrogen-bond donors (Lipinski definition) is 1. The van der Waals surface area contributed by atoms with Crippen molar-refractivity contribution in [1.29, 1.82) is 5.26 Å². The molecule has 0 atom stereocenters. The van der Waals surface area contributed by atoms with E-state index in [1.807, 2.05) is 6.07 Å². The Balaban J connectivity index is 3.08. The molecule has 0 fully saturated rings. The van der Waals surface area contributed by atoms with Gasteiger partial charge in [-0.1, -0.05) is 0 Å². The average molecular weight is 148 g/mol. The normalized spacial score (nSPS) is 9.09. The van der Waals surface area contributed by atoms with Crippen LogP contribution in [-0.4, -0.2) is 10.1 Å². The van der Waals surface area contributed by atoms with Gasteiger partial charge in [0.25, 0.3) is 0 Å². The van der Waals surface area contributed by atoms with E-state index < -0.39 is 0 Å². The maximum Gasteiger partial charge on any atom is 0.137 e. The van der Waals surface area contributed by atoms with Gasteiger partial charge in [0, 0.05) is 6.20 Å². The lowest BCUT2D eigenvalue weighted by Crippen LogP contribution is -1.88. The predicted molar refractivity (Wildman–Crippen MR) is 40.0 cm³/mol. The smallest absolute Gasteiger partial charge is 0.137 e. The van der Waals surface area contributed by atoms with Crippen LogP contribution in [0.2, 0.25) is 0 Å². The van der Waals surface area contributed by atoms with Crippen LogP contribution in [0.3, 0.4) is 0 Å². The standard InChI is InChI=1S/C8H8N2O/c1-6-7(2-3-9)4-10-5-8(6)11/h4-5,11H,2H2,1H3. The highest BCUT2D eigenvalue weighted by atomic mass is 16.3. The van der Waals surface area contributed by atoms with Gasteiger partial charge >= 0.3 is 0 Å². The number of aromatic nitrogens is 1. The molecule has 0 bridgehead atoms. The van der Waals surface area contributed by atoms with Gasteiger partial charge in [0.1, 0.15) is 5.75 Å². The molecular weight excluding hydrogens is 140 g/mol. The Morgan fingerprint density at radius 3 is 3.00 bits per heavy atom. The molecule has 1 aromatic rings. The topological polar surface area (TPSA) is 56.9 Å². The third-order valence-corrected chi connectivity index (χ3v) is 1.56. The van der Waals surface area contributed by atoms with Crippen molar-refractivity contribution in [2.75, 3.05) is 0 Å². The third kappa shape index (κ3) is 1.47. The fourth-order valence-corrected chi connectivity index (χ4v) is 0.819. The number of rotatable bonds is 1. The summed E-state index contributed by atoms with van der Waals surface area (Å²) in [5, 5.41) is 17.5. The van der Waals surface area contributed by atoms with Gasteiger partial charge in [-0.25, -0.2) is 0 Å². The molecule has 11 heavy (non-hydrogen) atoms. The van der Waals surface area contributed by atoms with Crippen LogP contribution in [0.25, 0.3) is 0 Å². The van der Waals surface area contributed by atoms with Crippen LogP contribution >= 0.6 is 0 Å². The molecular formula is C8H8N2O. The minimum atomic E-state index is 0.151. The fourth-order valence-electron chi connectivity index (χ4n) is 0.819. The van der Waals surface area contributed by atoms with E-state index in [2.05, 4.69) is 4.98 Å². The molecule has 3 heteroatoms. The summed E-state index contributed by atoms with van der Waals surface area (Å²) < 4.78 is 0. The van der Waals surface area contributed by atoms with Crippen LogP contribution in [0.15, 0.2) is 12.4 Å². The van der Waals surface area contributed by atoms with Crippen molar-refractivity contribution in [2.24, 2.45) is 0 Å². The first-order valence-corrected chi connectivity index (χ1v) is 3.25. The Hall–Kier alpha value is -1.56. The van der Waals surface area contributed by atoms with Crippen molar-refractivity contribution in [3.63, 3.8) is 0 Å². The molecule has 0 radical (unpaired) electrons. The predicted octanol–water partition coefficient (Wildman–Crippen LogP) is 1.16. The summed E-state index contributed by atoms with van der Waals surface area (Å²) in [5.41, 5.74) is 1.52. The van der Waals surface area contributed by atoms with Crippen molar-refractivity contribution >= 4 is 0 Å². The summed E-state index contributed by atoms with van der Waals surface area (Å²) in [5.74, 6) is 0.151. The zero-order valence-electron chi connectivity index (χ0n) is 6.20. The molecule has 1 rings (SSSR count). The maximum absolute atomic E-state index is 9.15. The van der Waals surface area contributed by atoms with E-state index in [-0.39, 0.29) is 5.75 Å². The van der Waals surface area contributed by atoms with E-state index in [1.54, 1.807) is 13.1 Å². The molecule has 1 aromatic heterocycles. The Morgan fingerprint density at radius 2 is 2.36 bits per heavy atom. The van der Waals surface area contributed by atoms with E-state index in [9.17, 15) is 0 Å². The van der Waals surface area contributed by atoms with Crippen LogP contribution in [0, 0.1) is 18.3 Å². The average Bonchev–Trinajstić information content (AvgIpc) is 1.99. The molecule has 0 aliphatic carbocycles. The van der Waals surface area contributed by atoms with E-state index in [0.717, 1.165) is 11.1 Å². The number of aromatic hydroxyl groups is 1. The van der Waals surface area contributed by atoms with Crippen LogP contribution in [0.1, 0.15) is 11.1 Å². The quantitative estimate of drug-likeness (QED) is 0.650. The number of hydrogen-bond acceptors (Lipinski definition) is 3. The molecule has 0 aromatic carbocycles. The lowest BCUT2D eigenvalue weighted by Gasteiger charge is -2.00. The highest BCUT2D eigenvalue weighted by molar-refractivity contribution is 5.35. The Morgan fingerprint density at radius 1 is 1.64 bits per heavy atom. The Labute approximate surface area is 64.9 Å². The number of pyridine rings is 1. The first-order valence-electron chi connectivity index (χ1n) is 3.25. The molecule has 0 aliphatic heterocycles. The second kappa shape index (κ2) is 3.02. The van der Waals surface area contributed by atoms with E-state index >= 15 is 0 Å². The minimum Gasteiger partial charge on any atom is -0.506 e. The molecule has 0 saturated heterocycles. The van der Waals surface area contributed by atoms with Crippen molar-refractivity contribution in [3.05, 3.63) is 23.5 Å². The van der Waals surface area contributed by atoms with Gasteiger partial charge < -0.3 is 5.11 Å². The van der Waals surface area contributed by atoms with Gasteiger partial charge in [0.05, 0.1) is 18.7 Å². The van der Waals surface area contributed by atoms with E-state index in [4.69, 9.17) is 10.4 Å². The lowest BCUT2D eigenvalue weighted by atomic mass is 10.1. The van der Waals surface area contributed by atoms with E-state index in [0.29, 0.717) is 6.42 Å². The second-order valence-electron chi connectivity index (χ2n) is 2.28. The van der Waals surface area contributed by atoms with Crippen molar-refractivity contribution < 1.29 is 5.11 Å². The lowest BCUT2D eigenvalue weighted by molar-refractivity contribution is 0.467. The van der Waals surface area contributed by atoms with Gasteiger partial charge in [-0.2, -0.15) is 5.26 Å². The molecule has 0 aliphatic rings. The van der Waals surface area contributed by atoms with Crippen molar-refractivity contribution in [3.8, 4) is 11.8 Å². The fraction of sp³-hybridized carbons (Fsp3) is 0.250. The van der Waals surface area contributed by atoms with Gasteiger partial charge in [-0.3, -0.25) is 4.98 Å². The third-order valence-electron chi connectivity index (χ3n) is 1.56. The van der Waals surface area contributed by atoms with Crippen molar-refractivity contribution in [1.82, 2.24) is 4.98 Å². The Kier molecular flexibility index (Phi) is 2.07. The molecule has 56 valence electrons. The summed E-state index contributed by atoms with van der Waals surface area (Å²) in [6.45, 7) is 1.77. The van der Waals surface area contributed by atoms with Gasteiger partial charge in [-0.05, 0) is 18.1 Å². The summed E-state index contributed by atoms with van der Waals surface area (Å²) >= 11 is 0. The number of nitrogens with zero attached hydrogens (tertiary/aromatic N) is 2. The molecule has 3 nitrogen and oxygen atoms in total. The van der Waals surface area contributed by atoms with Crippen LogP contribution in [0.4, 0.5) is 0 Å². The SMILES string of the molecule is Cc1c(O)cncc1CC#N. The van der Waals surface area contributed by atoms with Crippen molar-refractivity contribution in [2.45, 2.75) is 13.3 Å². The maximum atomic E-state index is 9.15. The number of nitriles is 1. The molecule has 0 spiro atoms. The molecule has 1 heterocycles. The second-order valence-corrected chi connectivity index (χ2v) is 2.28. The Bertz CT molecular complexity index is 301. The largest absolute Gasteiger partial charge is 0.506 e. The van der Waals surface area contributed by atoms with E-state index in [1.165, 1.54) is 6.20 Å². The van der Waals surface area contributed by atoms with Crippen LogP contribution in [0.5, 0.6) is 5.75 Å². The van der Waals surface area contributed by atoms with Crippen LogP contribution < -0.4 is 0 Å². The first kappa shape index (κ1) is 7.55. The zero-order chi connectivity index (χ0) is 8.27. The molecule has 0 amide bonds. The van der Waals surface area contributed by atoms with Gasteiger partial charge in [-0.15, -0.1) is 0 Å². The molecule has 0 unspecified atom stereocenters. The zero-order valence-corrected chi connectivity index (χ0v) is 6.20. The summed E-state index contributed by atoms with van der Waals surface area (Å²) in [7, 11) is 0. The monoisotopic (exact) mass is 148 g/mol. The summed E-state index contributed by atoms with van der Waals surface area (Å²) in [4.78, 5) is 3.76. The highest BCUT2D eigenvalue weighted by Crippen LogP contribution is 2.17. The summed E-state index contributed by atoms with van der Waals surface area (Å²) in [6, 6.07) is 2.00.